The number of hydrogen-bond donors (Lipinski definition) is 2. The quantitative estimate of drug-likeness (QED) is 0.824. The minimum atomic E-state index is -0.420. The minimum Gasteiger partial charge on any atom is -0.338 e. The average molecular weight is 346 g/mol. The number of carbonyl (C=O) groups is 2. The number of benzene rings is 1. The topological polar surface area (TPSA) is 64.7 Å². The van der Waals surface area contributed by atoms with Gasteiger partial charge in [0.1, 0.15) is 0 Å². The molecule has 1 aromatic carbocycles. The van der Waals surface area contributed by atoms with Gasteiger partial charge >= 0.3 is 6.03 Å². The van der Waals surface area contributed by atoms with Crippen molar-refractivity contribution in [2.45, 2.75) is 33.2 Å². The van der Waals surface area contributed by atoms with Crippen LogP contribution >= 0.6 is 0 Å². The molecule has 1 heterocycles. The van der Waals surface area contributed by atoms with Crippen LogP contribution < -0.4 is 10.6 Å². The van der Waals surface area contributed by atoms with Gasteiger partial charge in [0.15, 0.2) is 0 Å². The highest BCUT2D eigenvalue weighted by atomic mass is 16.2. The predicted octanol–water partition coefficient (Wildman–Crippen LogP) is 1.77. The van der Waals surface area contributed by atoms with Crippen LogP contribution in [0.5, 0.6) is 0 Å². The molecule has 1 fully saturated rings. The zero-order chi connectivity index (χ0) is 18.2. The van der Waals surface area contributed by atoms with Crippen LogP contribution in [0.3, 0.4) is 0 Å². The molecule has 2 rings (SSSR count). The molecule has 0 unspecified atom stereocenters. The zero-order valence-electron chi connectivity index (χ0n) is 15.5. The molecule has 3 amide bonds. The summed E-state index contributed by atoms with van der Waals surface area (Å²) in [5.74, 6) is 0.312. The standard InChI is InChI=1S/C19H30N4O2/c1-4-20-19(25)21-18(24)14-23-11-9-22(10-12-23)13-16-5-7-17(8-6-16)15(2)3/h5-8,15H,4,9-14H2,1-3H3,(H2,20,21,24,25). The van der Waals surface area contributed by atoms with E-state index in [1.54, 1.807) is 0 Å². The molecule has 2 N–H and O–H groups in total. The van der Waals surface area contributed by atoms with Crippen molar-refractivity contribution < 1.29 is 9.59 Å². The molecule has 25 heavy (non-hydrogen) atoms. The molecular formula is C19H30N4O2. The molecule has 1 saturated heterocycles. The fraction of sp³-hybridized carbons (Fsp3) is 0.579. The van der Waals surface area contributed by atoms with E-state index in [1.807, 2.05) is 6.92 Å². The van der Waals surface area contributed by atoms with Gasteiger partial charge in [-0.2, -0.15) is 0 Å². The van der Waals surface area contributed by atoms with Gasteiger partial charge in [-0.1, -0.05) is 38.1 Å². The third-order valence-electron chi connectivity index (χ3n) is 4.47. The molecule has 1 aromatic rings. The number of imide groups is 1. The summed E-state index contributed by atoms with van der Waals surface area (Å²) in [4.78, 5) is 27.7. The summed E-state index contributed by atoms with van der Waals surface area (Å²) in [6, 6.07) is 8.42. The van der Waals surface area contributed by atoms with Crippen LogP contribution in [-0.4, -0.2) is 61.0 Å². The molecule has 6 nitrogen and oxygen atoms in total. The van der Waals surface area contributed by atoms with E-state index in [1.165, 1.54) is 11.1 Å². The van der Waals surface area contributed by atoms with Crippen molar-refractivity contribution in [2.24, 2.45) is 0 Å². The largest absolute Gasteiger partial charge is 0.338 e. The average Bonchev–Trinajstić information content (AvgIpc) is 2.57. The Morgan fingerprint density at radius 2 is 1.64 bits per heavy atom. The number of piperazine rings is 1. The monoisotopic (exact) mass is 346 g/mol. The predicted molar refractivity (Wildman–Crippen MR) is 99.5 cm³/mol. The maximum atomic E-state index is 11.8. The van der Waals surface area contributed by atoms with Gasteiger partial charge in [0, 0.05) is 39.3 Å². The van der Waals surface area contributed by atoms with Gasteiger partial charge in [0.2, 0.25) is 5.91 Å². The van der Waals surface area contributed by atoms with E-state index in [-0.39, 0.29) is 12.5 Å². The van der Waals surface area contributed by atoms with Crippen LogP contribution in [-0.2, 0) is 11.3 Å². The highest BCUT2D eigenvalue weighted by molar-refractivity contribution is 5.95. The van der Waals surface area contributed by atoms with Crippen molar-refractivity contribution in [3.05, 3.63) is 35.4 Å². The first kappa shape index (κ1) is 19.4. The van der Waals surface area contributed by atoms with Crippen LogP contribution in [0.2, 0.25) is 0 Å². The third-order valence-corrected chi connectivity index (χ3v) is 4.47. The first-order valence-electron chi connectivity index (χ1n) is 9.09. The molecule has 0 spiro atoms. The van der Waals surface area contributed by atoms with Crippen LogP contribution in [0.15, 0.2) is 24.3 Å². The van der Waals surface area contributed by atoms with Crippen LogP contribution in [0.1, 0.15) is 37.8 Å². The summed E-state index contributed by atoms with van der Waals surface area (Å²) in [5.41, 5.74) is 2.69. The molecule has 0 aliphatic carbocycles. The fourth-order valence-corrected chi connectivity index (χ4v) is 2.95. The molecule has 0 saturated carbocycles. The van der Waals surface area contributed by atoms with Gasteiger partial charge < -0.3 is 5.32 Å². The van der Waals surface area contributed by atoms with E-state index in [9.17, 15) is 9.59 Å². The minimum absolute atomic E-state index is 0.247. The molecule has 0 aromatic heterocycles. The van der Waals surface area contributed by atoms with E-state index in [4.69, 9.17) is 0 Å². The number of nitrogens with zero attached hydrogens (tertiary/aromatic N) is 2. The van der Waals surface area contributed by atoms with Crippen LogP contribution in [0.25, 0.3) is 0 Å². The maximum Gasteiger partial charge on any atom is 0.321 e. The first-order chi connectivity index (χ1) is 12.0. The Hall–Kier alpha value is -1.92. The number of rotatable bonds is 6. The van der Waals surface area contributed by atoms with Crippen LogP contribution in [0, 0.1) is 0 Å². The van der Waals surface area contributed by atoms with E-state index >= 15 is 0 Å². The zero-order valence-corrected chi connectivity index (χ0v) is 15.5. The van der Waals surface area contributed by atoms with Crippen molar-refractivity contribution in [1.82, 2.24) is 20.4 Å². The highest BCUT2D eigenvalue weighted by Gasteiger charge is 2.19. The molecule has 6 heteroatoms. The molecule has 1 aliphatic rings. The molecule has 1 aliphatic heterocycles. The second-order valence-electron chi connectivity index (χ2n) is 6.86. The van der Waals surface area contributed by atoms with E-state index < -0.39 is 6.03 Å². The molecule has 0 bridgehead atoms. The van der Waals surface area contributed by atoms with Crippen molar-refractivity contribution in [3.63, 3.8) is 0 Å². The van der Waals surface area contributed by atoms with E-state index in [2.05, 4.69) is 58.5 Å². The summed E-state index contributed by atoms with van der Waals surface area (Å²) < 4.78 is 0. The SMILES string of the molecule is CCNC(=O)NC(=O)CN1CCN(Cc2ccc(C(C)C)cc2)CC1. The van der Waals surface area contributed by atoms with Crippen molar-refractivity contribution >= 4 is 11.9 Å². The summed E-state index contributed by atoms with van der Waals surface area (Å²) in [6.07, 6.45) is 0. The fourth-order valence-electron chi connectivity index (χ4n) is 2.95. The third kappa shape index (κ3) is 6.48. The highest BCUT2D eigenvalue weighted by Crippen LogP contribution is 2.16. The lowest BCUT2D eigenvalue weighted by molar-refractivity contribution is -0.121. The smallest absolute Gasteiger partial charge is 0.321 e. The summed E-state index contributed by atoms with van der Waals surface area (Å²) in [7, 11) is 0. The molecule has 138 valence electrons. The Balaban J connectivity index is 1.72. The number of carbonyl (C=O) groups excluding carboxylic acids is 2. The normalized spacial score (nSPS) is 16.0. The number of hydrogen-bond acceptors (Lipinski definition) is 4. The number of nitrogens with one attached hydrogen (secondary N) is 2. The molecular weight excluding hydrogens is 316 g/mol. The first-order valence-corrected chi connectivity index (χ1v) is 9.09. The van der Waals surface area contributed by atoms with Crippen molar-refractivity contribution in [2.75, 3.05) is 39.3 Å². The second-order valence-corrected chi connectivity index (χ2v) is 6.86. The van der Waals surface area contributed by atoms with Gasteiger partial charge in [-0.3, -0.25) is 19.9 Å². The van der Waals surface area contributed by atoms with Crippen molar-refractivity contribution in [3.8, 4) is 0 Å². The Bertz CT molecular complexity index is 563. The van der Waals surface area contributed by atoms with Gasteiger partial charge in [-0.15, -0.1) is 0 Å². The Kier molecular flexibility index (Phi) is 7.40. The maximum absolute atomic E-state index is 11.8. The Morgan fingerprint density at radius 1 is 1.04 bits per heavy atom. The summed E-state index contributed by atoms with van der Waals surface area (Å²) >= 11 is 0. The van der Waals surface area contributed by atoms with Gasteiger partial charge in [0.05, 0.1) is 6.54 Å². The van der Waals surface area contributed by atoms with E-state index in [0.29, 0.717) is 12.5 Å². The van der Waals surface area contributed by atoms with Crippen molar-refractivity contribution in [1.29, 1.82) is 0 Å². The van der Waals surface area contributed by atoms with Crippen LogP contribution in [0.4, 0.5) is 4.79 Å². The summed E-state index contributed by atoms with van der Waals surface area (Å²) in [6.45, 7) is 11.5. The number of urea groups is 1. The Labute approximate surface area is 150 Å². The second kappa shape index (κ2) is 9.53. The van der Waals surface area contributed by atoms with Gasteiger partial charge in [-0.25, -0.2) is 4.79 Å². The van der Waals surface area contributed by atoms with Gasteiger partial charge in [0.25, 0.3) is 0 Å². The van der Waals surface area contributed by atoms with E-state index in [0.717, 1.165) is 32.7 Å². The number of amides is 3. The summed E-state index contributed by atoms with van der Waals surface area (Å²) in [5, 5.41) is 4.91. The Morgan fingerprint density at radius 3 is 2.20 bits per heavy atom. The molecule has 0 radical (unpaired) electrons. The lowest BCUT2D eigenvalue weighted by atomic mass is 10.0. The molecule has 0 atom stereocenters. The lowest BCUT2D eigenvalue weighted by Crippen LogP contribution is -2.50. The lowest BCUT2D eigenvalue weighted by Gasteiger charge is -2.34. The van der Waals surface area contributed by atoms with Gasteiger partial charge in [-0.05, 0) is 24.0 Å².